The van der Waals surface area contributed by atoms with Gasteiger partial charge in [0.15, 0.2) is 0 Å². The third-order valence-electron chi connectivity index (χ3n) is 6.17. The highest BCUT2D eigenvalue weighted by molar-refractivity contribution is 6.46. The van der Waals surface area contributed by atoms with Crippen LogP contribution in [0.2, 0.25) is 0 Å². The summed E-state index contributed by atoms with van der Waals surface area (Å²) in [4.78, 5) is 29.8. The van der Waals surface area contributed by atoms with E-state index in [-0.39, 0.29) is 36.5 Å². The number of aliphatic hydroxyl groups is 1. The van der Waals surface area contributed by atoms with E-state index in [0.29, 0.717) is 11.3 Å². The first-order valence-electron chi connectivity index (χ1n) is 11.9. The summed E-state index contributed by atoms with van der Waals surface area (Å²) in [5, 5.41) is 11.4. The number of likely N-dealkylation sites (tertiary alicyclic amines) is 1. The summed E-state index contributed by atoms with van der Waals surface area (Å²) in [5.74, 6) is -0.683. The Bertz CT molecular complexity index is 1100. The highest BCUT2D eigenvalue weighted by Crippen LogP contribution is 2.40. The molecular weight excluding hydrogens is 444 g/mol. The number of ether oxygens (including phenoxy) is 2. The van der Waals surface area contributed by atoms with E-state index < -0.39 is 17.7 Å². The number of hydrogen-bond acceptors (Lipinski definition) is 6. The van der Waals surface area contributed by atoms with E-state index in [1.165, 1.54) is 4.90 Å². The molecular formula is C28H36N2O5. The van der Waals surface area contributed by atoms with Gasteiger partial charge in [-0.2, -0.15) is 0 Å². The van der Waals surface area contributed by atoms with Crippen LogP contribution in [0.1, 0.15) is 56.3 Å². The number of anilines is 1. The van der Waals surface area contributed by atoms with Crippen molar-refractivity contribution in [2.75, 3.05) is 39.3 Å². The van der Waals surface area contributed by atoms with Crippen molar-refractivity contribution in [2.24, 2.45) is 0 Å². The van der Waals surface area contributed by atoms with Crippen LogP contribution in [0.3, 0.4) is 0 Å². The molecule has 1 fully saturated rings. The maximum Gasteiger partial charge on any atom is 0.295 e. The molecule has 0 aliphatic carbocycles. The van der Waals surface area contributed by atoms with Gasteiger partial charge in [-0.25, -0.2) is 0 Å². The Morgan fingerprint density at radius 1 is 1.06 bits per heavy atom. The maximum absolute atomic E-state index is 13.2. The van der Waals surface area contributed by atoms with Crippen molar-refractivity contribution in [3.8, 4) is 5.75 Å². The van der Waals surface area contributed by atoms with Crippen LogP contribution >= 0.6 is 0 Å². The zero-order valence-electron chi connectivity index (χ0n) is 21.7. The van der Waals surface area contributed by atoms with Gasteiger partial charge in [-0.15, -0.1) is 0 Å². The van der Waals surface area contributed by atoms with Crippen molar-refractivity contribution < 1.29 is 24.2 Å². The Kier molecular flexibility index (Phi) is 8.22. The zero-order valence-corrected chi connectivity index (χ0v) is 21.7. The zero-order chi connectivity index (χ0) is 25.9. The molecule has 1 N–H and O–H groups in total. The quantitative estimate of drug-likeness (QED) is 0.318. The highest BCUT2D eigenvalue weighted by atomic mass is 16.5. The summed E-state index contributed by atoms with van der Waals surface area (Å²) in [5.41, 5.74) is 3.20. The van der Waals surface area contributed by atoms with Crippen LogP contribution in [-0.2, 0) is 14.3 Å². The fourth-order valence-electron chi connectivity index (χ4n) is 4.29. The number of carbonyl (C=O) groups excluding carboxylic acids is 2. The molecule has 1 amide bonds. The Morgan fingerprint density at radius 2 is 1.71 bits per heavy atom. The lowest BCUT2D eigenvalue weighted by molar-refractivity contribution is -0.140. The molecule has 188 valence electrons. The minimum atomic E-state index is -0.716. The number of Topliss-reactive ketones (excluding diaryl/α,β-unsaturated/α-hetero) is 1. The molecule has 7 heteroatoms. The Labute approximate surface area is 207 Å². The number of rotatable bonds is 9. The SMILES string of the molecule is COc1ccc(/C(O)=C2/C(=O)C(=O)N(CCOC(C)C)C2c2ccc(N(C)C)cc2)cc1C(C)C. The van der Waals surface area contributed by atoms with Gasteiger partial charge >= 0.3 is 0 Å². The number of hydrogen-bond donors (Lipinski definition) is 1. The number of nitrogens with zero attached hydrogens (tertiary/aromatic N) is 2. The summed E-state index contributed by atoms with van der Waals surface area (Å²) in [6, 6.07) is 12.2. The van der Waals surface area contributed by atoms with Gasteiger partial charge in [0.1, 0.15) is 11.5 Å². The normalized spacial score (nSPS) is 17.5. The van der Waals surface area contributed by atoms with Crippen molar-refractivity contribution in [3.05, 3.63) is 64.7 Å². The van der Waals surface area contributed by atoms with Gasteiger partial charge < -0.3 is 24.4 Å². The Balaban J connectivity index is 2.14. The predicted octanol–water partition coefficient (Wildman–Crippen LogP) is 4.73. The minimum Gasteiger partial charge on any atom is -0.507 e. The second-order valence-corrected chi connectivity index (χ2v) is 9.51. The number of carbonyl (C=O) groups is 2. The standard InChI is InChI=1S/C28H36N2O5/c1-17(2)22-16-20(10-13-23(22)34-7)26(31)24-25(19-8-11-21(12-9-19)29(5)6)30(28(33)27(24)32)14-15-35-18(3)4/h8-13,16-18,25,31H,14-15H2,1-7H3/b26-24-. The molecule has 1 aliphatic rings. The van der Waals surface area contributed by atoms with Crippen molar-refractivity contribution in [1.82, 2.24) is 4.90 Å². The lowest BCUT2D eigenvalue weighted by Crippen LogP contribution is -2.33. The van der Waals surface area contributed by atoms with E-state index >= 15 is 0 Å². The van der Waals surface area contributed by atoms with Gasteiger partial charge in [0.05, 0.1) is 31.4 Å². The molecule has 2 aromatic carbocycles. The van der Waals surface area contributed by atoms with E-state index in [4.69, 9.17) is 9.47 Å². The fraction of sp³-hybridized carbons (Fsp3) is 0.429. The van der Waals surface area contributed by atoms with Crippen LogP contribution in [0.5, 0.6) is 5.75 Å². The van der Waals surface area contributed by atoms with E-state index in [0.717, 1.165) is 16.8 Å². The first kappa shape index (κ1) is 26.3. The minimum absolute atomic E-state index is 0.00148. The first-order valence-corrected chi connectivity index (χ1v) is 11.9. The highest BCUT2D eigenvalue weighted by Gasteiger charge is 2.46. The van der Waals surface area contributed by atoms with Crippen LogP contribution in [0.25, 0.3) is 5.76 Å². The number of aliphatic hydroxyl groups excluding tert-OH is 1. The lowest BCUT2D eigenvalue weighted by Gasteiger charge is -2.26. The molecule has 0 saturated carbocycles. The third kappa shape index (κ3) is 5.51. The van der Waals surface area contributed by atoms with Crippen molar-refractivity contribution >= 4 is 23.1 Å². The number of amides is 1. The average molecular weight is 481 g/mol. The van der Waals surface area contributed by atoms with Gasteiger partial charge in [-0.3, -0.25) is 9.59 Å². The summed E-state index contributed by atoms with van der Waals surface area (Å²) in [6.45, 7) is 8.42. The molecule has 7 nitrogen and oxygen atoms in total. The first-order chi connectivity index (χ1) is 16.6. The van der Waals surface area contributed by atoms with E-state index in [1.807, 2.05) is 77.0 Å². The van der Waals surface area contributed by atoms with Gasteiger partial charge in [0, 0.05) is 31.9 Å². The molecule has 1 saturated heterocycles. The predicted molar refractivity (Wildman–Crippen MR) is 138 cm³/mol. The van der Waals surface area contributed by atoms with Gasteiger partial charge in [0.25, 0.3) is 11.7 Å². The number of ketones is 1. The summed E-state index contributed by atoms with van der Waals surface area (Å²) < 4.78 is 11.1. The molecule has 0 aromatic heterocycles. The second-order valence-electron chi connectivity index (χ2n) is 9.51. The van der Waals surface area contributed by atoms with Crippen LogP contribution in [0.15, 0.2) is 48.0 Å². The van der Waals surface area contributed by atoms with Crippen LogP contribution in [0.4, 0.5) is 5.69 Å². The van der Waals surface area contributed by atoms with E-state index in [2.05, 4.69) is 0 Å². The van der Waals surface area contributed by atoms with E-state index in [9.17, 15) is 14.7 Å². The fourth-order valence-corrected chi connectivity index (χ4v) is 4.29. The number of benzene rings is 2. The van der Waals surface area contributed by atoms with Crippen molar-refractivity contribution in [3.63, 3.8) is 0 Å². The topological polar surface area (TPSA) is 79.3 Å². The molecule has 0 radical (unpaired) electrons. The average Bonchev–Trinajstić information content (AvgIpc) is 3.08. The molecule has 0 bridgehead atoms. The van der Waals surface area contributed by atoms with E-state index in [1.54, 1.807) is 19.2 Å². The second kappa shape index (κ2) is 11.0. The third-order valence-corrected chi connectivity index (χ3v) is 6.17. The summed E-state index contributed by atoms with van der Waals surface area (Å²) in [6.07, 6.45) is -0.00148. The van der Waals surface area contributed by atoms with Gasteiger partial charge in [0.2, 0.25) is 0 Å². The molecule has 1 aliphatic heterocycles. The molecule has 35 heavy (non-hydrogen) atoms. The smallest absolute Gasteiger partial charge is 0.295 e. The molecule has 2 aromatic rings. The molecule has 1 heterocycles. The summed E-state index contributed by atoms with van der Waals surface area (Å²) in [7, 11) is 5.49. The summed E-state index contributed by atoms with van der Waals surface area (Å²) >= 11 is 0. The molecule has 1 unspecified atom stereocenters. The number of methoxy groups -OCH3 is 1. The maximum atomic E-state index is 13.2. The monoisotopic (exact) mass is 480 g/mol. The molecule has 1 atom stereocenters. The molecule has 3 rings (SSSR count). The Morgan fingerprint density at radius 3 is 2.26 bits per heavy atom. The largest absolute Gasteiger partial charge is 0.507 e. The van der Waals surface area contributed by atoms with Crippen LogP contribution in [0, 0.1) is 0 Å². The van der Waals surface area contributed by atoms with Crippen LogP contribution in [-0.4, -0.2) is 62.2 Å². The van der Waals surface area contributed by atoms with Crippen LogP contribution < -0.4 is 9.64 Å². The van der Waals surface area contributed by atoms with Crippen molar-refractivity contribution in [1.29, 1.82) is 0 Å². The lowest BCUT2D eigenvalue weighted by atomic mass is 9.93. The van der Waals surface area contributed by atoms with Gasteiger partial charge in [-0.1, -0.05) is 26.0 Å². The van der Waals surface area contributed by atoms with Crippen molar-refractivity contribution in [2.45, 2.75) is 45.8 Å². The van der Waals surface area contributed by atoms with Gasteiger partial charge in [-0.05, 0) is 61.2 Å². The Hall–Kier alpha value is -3.32. The molecule has 0 spiro atoms.